The average molecular weight is 417 g/mol. The van der Waals surface area contributed by atoms with E-state index >= 15 is 0 Å². The Bertz CT molecular complexity index is 953. The van der Waals surface area contributed by atoms with Crippen LogP contribution in [0.3, 0.4) is 0 Å². The van der Waals surface area contributed by atoms with Crippen molar-refractivity contribution in [1.82, 2.24) is 9.62 Å². The highest BCUT2D eigenvalue weighted by Gasteiger charge is 2.31. The zero-order chi connectivity index (χ0) is 21.0. The molecule has 0 aliphatic carbocycles. The summed E-state index contributed by atoms with van der Waals surface area (Å²) >= 11 is 0. The molecule has 29 heavy (non-hydrogen) atoms. The summed E-state index contributed by atoms with van der Waals surface area (Å²) < 4.78 is 27.4. The van der Waals surface area contributed by atoms with Crippen LogP contribution in [0.15, 0.2) is 53.4 Å². The molecular weight excluding hydrogens is 386 g/mol. The first-order valence-corrected chi connectivity index (χ1v) is 11.5. The Morgan fingerprint density at radius 1 is 1.07 bits per heavy atom. The summed E-state index contributed by atoms with van der Waals surface area (Å²) in [5.74, 6) is -0.0122. The lowest BCUT2D eigenvalue weighted by Crippen LogP contribution is -3.15. The van der Waals surface area contributed by atoms with E-state index in [0.29, 0.717) is 37.6 Å². The van der Waals surface area contributed by atoms with E-state index < -0.39 is 10.0 Å². The molecular formula is C22H30N3O3S+. The van der Waals surface area contributed by atoms with Gasteiger partial charge in [-0.25, -0.2) is 8.42 Å². The maximum absolute atomic E-state index is 12.9. The van der Waals surface area contributed by atoms with Crippen molar-refractivity contribution in [1.29, 1.82) is 0 Å². The van der Waals surface area contributed by atoms with Crippen LogP contribution in [0.1, 0.15) is 29.7 Å². The predicted octanol–water partition coefficient (Wildman–Crippen LogP) is 1.07. The number of rotatable bonds is 6. The van der Waals surface area contributed by atoms with Crippen molar-refractivity contribution >= 4 is 15.9 Å². The van der Waals surface area contributed by atoms with E-state index in [-0.39, 0.29) is 11.9 Å². The summed E-state index contributed by atoms with van der Waals surface area (Å²) in [5.41, 5.74) is 3.12. The lowest BCUT2D eigenvalue weighted by molar-refractivity contribution is -0.895. The molecule has 0 radical (unpaired) electrons. The quantitative estimate of drug-likeness (QED) is 0.740. The van der Waals surface area contributed by atoms with Crippen molar-refractivity contribution in [3.05, 3.63) is 65.2 Å². The smallest absolute Gasteiger partial charge is 0.275 e. The summed E-state index contributed by atoms with van der Waals surface area (Å²) in [7, 11) is -3.49. The Labute approximate surface area is 173 Å². The van der Waals surface area contributed by atoms with E-state index in [0.717, 1.165) is 21.6 Å². The molecule has 1 amide bonds. The van der Waals surface area contributed by atoms with E-state index in [1.165, 1.54) is 4.31 Å². The van der Waals surface area contributed by atoms with Gasteiger partial charge in [0, 0.05) is 0 Å². The Hall–Kier alpha value is -2.22. The molecule has 0 unspecified atom stereocenters. The molecule has 6 nitrogen and oxygen atoms in total. The Kier molecular flexibility index (Phi) is 6.72. The second-order valence-corrected chi connectivity index (χ2v) is 9.71. The zero-order valence-electron chi connectivity index (χ0n) is 17.3. The number of quaternary nitrogens is 1. The van der Waals surface area contributed by atoms with E-state index in [1.54, 1.807) is 12.1 Å². The van der Waals surface area contributed by atoms with Gasteiger partial charge in [-0.05, 0) is 49.6 Å². The maximum atomic E-state index is 12.9. The number of hydrogen-bond donors (Lipinski definition) is 2. The fourth-order valence-corrected chi connectivity index (χ4v) is 5.11. The van der Waals surface area contributed by atoms with Crippen LogP contribution in [0.4, 0.5) is 0 Å². The van der Waals surface area contributed by atoms with Gasteiger partial charge in [-0.1, -0.05) is 36.4 Å². The number of nitrogens with zero attached hydrogens (tertiary/aromatic N) is 1. The van der Waals surface area contributed by atoms with Crippen LogP contribution < -0.4 is 10.2 Å². The number of carbonyl (C=O) groups excluding carboxylic acids is 1. The van der Waals surface area contributed by atoms with Gasteiger partial charge in [0.05, 0.1) is 37.1 Å². The standard InChI is InChI=1S/C22H29N3O3S/c1-17-9-10-21(15-18(17)2)29(27,28)25-13-11-24(12-14-25)16-22(26)23-19(3)20-7-5-4-6-8-20/h4-10,15,19H,11-14,16H2,1-3H3,(H,23,26)/p+1/t19-/m0/s1. The predicted molar refractivity (Wildman–Crippen MR) is 113 cm³/mol. The summed E-state index contributed by atoms with van der Waals surface area (Å²) in [6, 6.07) is 15.1. The monoisotopic (exact) mass is 416 g/mol. The molecule has 2 aromatic rings. The first kappa shape index (κ1) is 21.5. The maximum Gasteiger partial charge on any atom is 0.275 e. The zero-order valence-corrected chi connectivity index (χ0v) is 18.1. The minimum absolute atomic E-state index is 0.0122. The number of amides is 1. The van der Waals surface area contributed by atoms with Crippen LogP contribution in [0.5, 0.6) is 0 Å². The SMILES string of the molecule is Cc1ccc(S(=O)(=O)N2CC[NH+](CC(=O)N[C@@H](C)c3ccccc3)CC2)cc1C. The van der Waals surface area contributed by atoms with Gasteiger partial charge in [0.2, 0.25) is 10.0 Å². The molecule has 1 aliphatic rings. The summed E-state index contributed by atoms with van der Waals surface area (Å²) in [6.07, 6.45) is 0. The number of sulfonamides is 1. The molecule has 2 N–H and O–H groups in total. The van der Waals surface area contributed by atoms with Crippen molar-refractivity contribution in [3.8, 4) is 0 Å². The molecule has 0 saturated carbocycles. The number of hydrogen-bond acceptors (Lipinski definition) is 3. The summed E-state index contributed by atoms with van der Waals surface area (Å²) in [5, 5.41) is 3.03. The Morgan fingerprint density at radius 3 is 2.34 bits per heavy atom. The molecule has 3 rings (SSSR count). The molecule has 1 fully saturated rings. The van der Waals surface area contributed by atoms with Gasteiger partial charge in [0.1, 0.15) is 0 Å². The van der Waals surface area contributed by atoms with Crippen LogP contribution in [-0.4, -0.2) is 51.4 Å². The Balaban J connectivity index is 1.53. The van der Waals surface area contributed by atoms with Crippen molar-refractivity contribution < 1.29 is 18.1 Å². The van der Waals surface area contributed by atoms with Gasteiger partial charge in [-0.15, -0.1) is 0 Å². The fraction of sp³-hybridized carbons (Fsp3) is 0.409. The molecule has 1 heterocycles. The van der Waals surface area contributed by atoms with Crippen LogP contribution in [0.2, 0.25) is 0 Å². The van der Waals surface area contributed by atoms with Crippen LogP contribution in [0.25, 0.3) is 0 Å². The third kappa shape index (κ3) is 5.23. The van der Waals surface area contributed by atoms with Crippen LogP contribution in [-0.2, 0) is 14.8 Å². The molecule has 1 atom stereocenters. The molecule has 2 aromatic carbocycles. The number of nitrogens with one attached hydrogen (secondary N) is 2. The van der Waals surface area contributed by atoms with E-state index in [9.17, 15) is 13.2 Å². The van der Waals surface area contributed by atoms with Gasteiger partial charge < -0.3 is 10.2 Å². The van der Waals surface area contributed by atoms with E-state index in [2.05, 4.69) is 5.32 Å². The highest BCUT2D eigenvalue weighted by Crippen LogP contribution is 2.19. The lowest BCUT2D eigenvalue weighted by Gasteiger charge is -2.31. The van der Waals surface area contributed by atoms with Crippen LogP contribution >= 0.6 is 0 Å². The van der Waals surface area contributed by atoms with Crippen molar-refractivity contribution in [2.45, 2.75) is 31.7 Å². The molecule has 1 aliphatic heterocycles. The molecule has 0 bridgehead atoms. The van der Waals surface area contributed by atoms with Crippen molar-refractivity contribution in [3.63, 3.8) is 0 Å². The van der Waals surface area contributed by atoms with E-state index in [1.807, 2.05) is 57.2 Å². The summed E-state index contributed by atoms with van der Waals surface area (Å²) in [6.45, 7) is 8.31. The summed E-state index contributed by atoms with van der Waals surface area (Å²) in [4.78, 5) is 13.9. The van der Waals surface area contributed by atoms with Crippen molar-refractivity contribution in [2.24, 2.45) is 0 Å². The molecule has 156 valence electrons. The van der Waals surface area contributed by atoms with Crippen molar-refractivity contribution in [2.75, 3.05) is 32.7 Å². The molecule has 0 spiro atoms. The average Bonchev–Trinajstić information content (AvgIpc) is 2.71. The largest absolute Gasteiger partial charge is 0.345 e. The first-order valence-electron chi connectivity index (χ1n) is 10.0. The van der Waals surface area contributed by atoms with Gasteiger partial charge in [0.15, 0.2) is 6.54 Å². The minimum Gasteiger partial charge on any atom is -0.345 e. The second-order valence-electron chi connectivity index (χ2n) is 7.78. The van der Waals surface area contributed by atoms with E-state index in [4.69, 9.17) is 0 Å². The second kappa shape index (κ2) is 9.07. The third-order valence-corrected chi connectivity index (χ3v) is 7.53. The molecule has 7 heteroatoms. The number of carbonyl (C=O) groups is 1. The van der Waals surface area contributed by atoms with Gasteiger partial charge in [0.25, 0.3) is 5.91 Å². The topological polar surface area (TPSA) is 70.9 Å². The first-order chi connectivity index (χ1) is 13.8. The molecule has 1 saturated heterocycles. The van der Waals surface area contributed by atoms with Gasteiger partial charge in [-0.3, -0.25) is 4.79 Å². The fourth-order valence-electron chi connectivity index (χ4n) is 3.59. The van der Waals surface area contributed by atoms with Crippen LogP contribution in [0, 0.1) is 13.8 Å². The normalized spacial score (nSPS) is 17.1. The number of aryl methyl sites for hydroxylation is 2. The Morgan fingerprint density at radius 2 is 1.72 bits per heavy atom. The third-order valence-electron chi connectivity index (χ3n) is 5.63. The number of benzene rings is 2. The highest BCUT2D eigenvalue weighted by molar-refractivity contribution is 7.89. The molecule has 0 aromatic heterocycles. The van der Waals surface area contributed by atoms with Gasteiger partial charge >= 0.3 is 0 Å². The minimum atomic E-state index is -3.49. The lowest BCUT2D eigenvalue weighted by atomic mass is 10.1. The highest BCUT2D eigenvalue weighted by atomic mass is 32.2. The number of piperazine rings is 1. The van der Waals surface area contributed by atoms with Gasteiger partial charge in [-0.2, -0.15) is 4.31 Å².